The second kappa shape index (κ2) is 9.65. The Labute approximate surface area is 143 Å². The van der Waals surface area contributed by atoms with Crippen molar-refractivity contribution in [2.24, 2.45) is 5.92 Å². The van der Waals surface area contributed by atoms with Gasteiger partial charge in [-0.25, -0.2) is 9.97 Å². The summed E-state index contributed by atoms with van der Waals surface area (Å²) in [4.78, 5) is 20.4. The van der Waals surface area contributed by atoms with E-state index in [1.54, 1.807) is 12.4 Å². The lowest BCUT2D eigenvalue weighted by Gasteiger charge is -2.08. The van der Waals surface area contributed by atoms with Crippen molar-refractivity contribution >= 4 is 11.9 Å². The van der Waals surface area contributed by atoms with Gasteiger partial charge in [-0.05, 0) is 30.7 Å². The van der Waals surface area contributed by atoms with E-state index in [0.717, 1.165) is 25.8 Å². The molecule has 0 saturated heterocycles. The molecule has 2 N–H and O–H groups in total. The average molecular weight is 326 g/mol. The number of aryl methyl sites for hydroxylation is 1. The van der Waals surface area contributed by atoms with Gasteiger partial charge in [0, 0.05) is 25.5 Å². The molecule has 0 unspecified atom stereocenters. The van der Waals surface area contributed by atoms with Gasteiger partial charge in [0.1, 0.15) is 0 Å². The van der Waals surface area contributed by atoms with Crippen LogP contribution in [0.1, 0.15) is 42.6 Å². The van der Waals surface area contributed by atoms with Crippen molar-refractivity contribution in [3.8, 4) is 0 Å². The van der Waals surface area contributed by atoms with Crippen molar-refractivity contribution in [2.75, 3.05) is 18.4 Å². The van der Waals surface area contributed by atoms with Gasteiger partial charge in [-0.2, -0.15) is 0 Å². The molecule has 0 aliphatic carbocycles. The summed E-state index contributed by atoms with van der Waals surface area (Å²) < 4.78 is 0. The summed E-state index contributed by atoms with van der Waals surface area (Å²) >= 11 is 0. The standard InChI is InChI=1S/C19H26N4O/c1-15(2)10-12-20-18(24)17-13-22-19(23-14-17)21-11-6-9-16-7-4-3-5-8-16/h3-5,7-8,13-15H,6,9-12H2,1-2H3,(H,20,24)(H,21,22,23). The first-order valence-electron chi connectivity index (χ1n) is 8.53. The molecule has 1 aromatic heterocycles. The normalized spacial score (nSPS) is 10.6. The Morgan fingerprint density at radius 1 is 1.08 bits per heavy atom. The van der Waals surface area contributed by atoms with Gasteiger partial charge < -0.3 is 10.6 Å². The van der Waals surface area contributed by atoms with Crippen LogP contribution in [0.15, 0.2) is 42.7 Å². The number of carbonyl (C=O) groups is 1. The molecule has 0 saturated carbocycles. The highest BCUT2D eigenvalue weighted by atomic mass is 16.1. The van der Waals surface area contributed by atoms with E-state index in [0.29, 0.717) is 24.0 Å². The molecule has 1 amide bonds. The van der Waals surface area contributed by atoms with E-state index >= 15 is 0 Å². The molecule has 0 radical (unpaired) electrons. The van der Waals surface area contributed by atoms with Crippen LogP contribution in [0.25, 0.3) is 0 Å². The number of hydrogen-bond acceptors (Lipinski definition) is 4. The molecule has 0 aliphatic heterocycles. The average Bonchev–Trinajstić information content (AvgIpc) is 2.60. The van der Waals surface area contributed by atoms with Gasteiger partial charge in [-0.15, -0.1) is 0 Å². The Kier molecular flexibility index (Phi) is 7.21. The minimum Gasteiger partial charge on any atom is -0.354 e. The van der Waals surface area contributed by atoms with E-state index < -0.39 is 0 Å². The maximum absolute atomic E-state index is 11.9. The molecule has 24 heavy (non-hydrogen) atoms. The number of rotatable bonds is 9. The molecule has 128 valence electrons. The van der Waals surface area contributed by atoms with Crippen molar-refractivity contribution in [1.82, 2.24) is 15.3 Å². The molecular weight excluding hydrogens is 300 g/mol. The monoisotopic (exact) mass is 326 g/mol. The number of nitrogens with zero attached hydrogens (tertiary/aromatic N) is 2. The molecule has 0 fully saturated rings. The van der Waals surface area contributed by atoms with Gasteiger partial charge in [-0.3, -0.25) is 4.79 Å². The fourth-order valence-corrected chi connectivity index (χ4v) is 2.25. The number of carbonyl (C=O) groups excluding carboxylic acids is 1. The van der Waals surface area contributed by atoms with Crippen LogP contribution in [-0.2, 0) is 6.42 Å². The fourth-order valence-electron chi connectivity index (χ4n) is 2.25. The first kappa shape index (κ1) is 17.9. The summed E-state index contributed by atoms with van der Waals surface area (Å²) in [6, 6.07) is 10.4. The van der Waals surface area contributed by atoms with Crippen molar-refractivity contribution in [1.29, 1.82) is 0 Å². The zero-order chi connectivity index (χ0) is 17.2. The number of aromatic nitrogens is 2. The maximum Gasteiger partial charge on any atom is 0.254 e. The largest absolute Gasteiger partial charge is 0.354 e. The first-order chi connectivity index (χ1) is 11.6. The lowest BCUT2D eigenvalue weighted by atomic mass is 10.1. The van der Waals surface area contributed by atoms with Crippen LogP contribution < -0.4 is 10.6 Å². The molecule has 0 aliphatic rings. The molecule has 5 heteroatoms. The van der Waals surface area contributed by atoms with Crippen molar-refractivity contribution in [2.45, 2.75) is 33.1 Å². The summed E-state index contributed by atoms with van der Waals surface area (Å²) in [7, 11) is 0. The Morgan fingerprint density at radius 2 is 1.79 bits per heavy atom. The summed E-state index contributed by atoms with van der Waals surface area (Å²) in [5, 5.41) is 6.07. The number of amides is 1. The van der Waals surface area contributed by atoms with Crippen LogP contribution in [0, 0.1) is 5.92 Å². The summed E-state index contributed by atoms with van der Waals surface area (Å²) in [6.45, 7) is 5.74. The van der Waals surface area contributed by atoms with Gasteiger partial charge >= 0.3 is 0 Å². The first-order valence-corrected chi connectivity index (χ1v) is 8.53. The van der Waals surface area contributed by atoms with E-state index in [2.05, 4.69) is 58.7 Å². The zero-order valence-electron chi connectivity index (χ0n) is 14.5. The Balaban J connectivity index is 1.70. The van der Waals surface area contributed by atoms with Gasteiger partial charge in [0.25, 0.3) is 5.91 Å². The van der Waals surface area contributed by atoms with Gasteiger partial charge in [0.15, 0.2) is 0 Å². The highest BCUT2D eigenvalue weighted by Crippen LogP contribution is 2.04. The second-order valence-electron chi connectivity index (χ2n) is 6.25. The molecule has 1 aromatic carbocycles. The Morgan fingerprint density at radius 3 is 2.46 bits per heavy atom. The molecule has 5 nitrogen and oxygen atoms in total. The molecule has 0 bridgehead atoms. The van der Waals surface area contributed by atoms with Crippen LogP contribution in [-0.4, -0.2) is 29.0 Å². The topological polar surface area (TPSA) is 66.9 Å². The van der Waals surface area contributed by atoms with E-state index in [1.165, 1.54) is 5.56 Å². The minimum absolute atomic E-state index is 0.119. The third kappa shape index (κ3) is 6.36. The SMILES string of the molecule is CC(C)CCNC(=O)c1cnc(NCCCc2ccccc2)nc1. The number of benzene rings is 1. The van der Waals surface area contributed by atoms with Gasteiger partial charge in [0.05, 0.1) is 5.56 Å². The zero-order valence-corrected chi connectivity index (χ0v) is 14.5. The van der Waals surface area contributed by atoms with Gasteiger partial charge in [0.2, 0.25) is 5.95 Å². The van der Waals surface area contributed by atoms with Crippen LogP contribution in [0.5, 0.6) is 0 Å². The fraction of sp³-hybridized carbons (Fsp3) is 0.421. The smallest absolute Gasteiger partial charge is 0.254 e. The summed E-state index contributed by atoms with van der Waals surface area (Å²) in [5.41, 5.74) is 1.82. The van der Waals surface area contributed by atoms with Crippen LogP contribution >= 0.6 is 0 Å². The number of hydrogen-bond donors (Lipinski definition) is 2. The third-order valence-corrected chi connectivity index (χ3v) is 3.69. The van der Waals surface area contributed by atoms with Gasteiger partial charge in [-0.1, -0.05) is 44.2 Å². The molecule has 1 heterocycles. The predicted molar refractivity (Wildman–Crippen MR) is 97.1 cm³/mol. The Hall–Kier alpha value is -2.43. The van der Waals surface area contributed by atoms with Crippen molar-refractivity contribution in [3.63, 3.8) is 0 Å². The molecule has 2 rings (SSSR count). The maximum atomic E-state index is 11.9. The second-order valence-corrected chi connectivity index (χ2v) is 6.25. The quantitative estimate of drug-likeness (QED) is 0.694. The summed E-state index contributed by atoms with van der Waals surface area (Å²) in [5.74, 6) is 1.01. The molecule has 0 atom stereocenters. The molecule has 2 aromatic rings. The third-order valence-electron chi connectivity index (χ3n) is 3.69. The number of anilines is 1. The Bertz CT molecular complexity index is 611. The summed E-state index contributed by atoms with van der Waals surface area (Å²) in [6.07, 6.45) is 6.12. The van der Waals surface area contributed by atoms with E-state index in [-0.39, 0.29) is 5.91 Å². The lowest BCUT2D eigenvalue weighted by Crippen LogP contribution is -2.25. The highest BCUT2D eigenvalue weighted by molar-refractivity contribution is 5.93. The predicted octanol–water partition coefficient (Wildman–Crippen LogP) is 3.30. The van der Waals surface area contributed by atoms with Crippen molar-refractivity contribution < 1.29 is 4.79 Å². The van der Waals surface area contributed by atoms with Crippen LogP contribution in [0.3, 0.4) is 0 Å². The van der Waals surface area contributed by atoms with E-state index in [1.807, 2.05) is 6.07 Å². The van der Waals surface area contributed by atoms with Crippen LogP contribution in [0.2, 0.25) is 0 Å². The van der Waals surface area contributed by atoms with Crippen LogP contribution in [0.4, 0.5) is 5.95 Å². The minimum atomic E-state index is -0.119. The van der Waals surface area contributed by atoms with E-state index in [9.17, 15) is 4.79 Å². The van der Waals surface area contributed by atoms with Crippen molar-refractivity contribution in [3.05, 3.63) is 53.9 Å². The highest BCUT2D eigenvalue weighted by Gasteiger charge is 2.06. The lowest BCUT2D eigenvalue weighted by molar-refractivity contribution is 0.0951. The van der Waals surface area contributed by atoms with E-state index in [4.69, 9.17) is 0 Å². The number of nitrogens with one attached hydrogen (secondary N) is 2. The molecular formula is C19H26N4O. The molecule has 0 spiro atoms.